The molecule has 0 N–H and O–H groups in total. The topological polar surface area (TPSA) is 6.48 Å². The number of rotatable bonds is 7. The predicted molar refractivity (Wildman–Crippen MR) is 308 cm³/mol. The van der Waals surface area contributed by atoms with Gasteiger partial charge in [-0.25, -0.2) is 0 Å². The fourth-order valence-electron chi connectivity index (χ4n) is 13.0. The first-order chi connectivity index (χ1) is 36.0. The Labute approximate surface area is 430 Å². The SMILES string of the molecule is CC1(C)c2ccccc2-c2ccc(N(c3ccc(-c4ccc5c(c4)C4(c6ccccc6)c6ccccc6N(c6ccccc6)c6ccc(-c7ccccc7)c-5c64)cc3)c3ccc4c(c3)sc3ccccc34)cc21. The van der Waals surface area contributed by atoms with Crippen molar-refractivity contribution in [2.75, 3.05) is 9.80 Å². The minimum atomic E-state index is -0.590. The number of nitrogens with zero attached hydrogens (tertiary/aromatic N) is 2. The van der Waals surface area contributed by atoms with E-state index in [-0.39, 0.29) is 5.41 Å². The Morgan fingerprint density at radius 3 is 1.79 bits per heavy atom. The summed E-state index contributed by atoms with van der Waals surface area (Å²) >= 11 is 1.87. The van der Waals surface area contributed by atoms with Crippen molar-refractivity contribution in [1.82, 2.24) is 0 Å². The molecular formula is C70H48N2S. The molecular weight excluding hydrogens is 901 g/mol. The molecule has 1 unspecified atom stereocenters. The van der Waals surface area contributed by atoms with Crippen molar-refractivity contribution >= 4 is 65.6 Å². The van der Waals surface area contributed by atoms with Crippen molar-refractivity contribution < 1.29 is 0 Å². The zero-order valence-electron chi connectivity index (χ0n) is 40.6. The highest BCUT2D eigenvalue weighted by Crippen LogP contribution is 2.66. The Morgan fingerprint density at radius 2 is 0.973 bits per heavy atom. The molecule has 0 spiro atoms. The molecule has 3 heteroatoms. The maximum Gasteiger partial charge on any atom is 0.0754 e. The highest BCUT2D eigenvalue weighted by atomic mass is 32.1. The molecule has 2 aliphatic carbocycles. The molecule has 2 heterocycles. The van der Waals surface area contributed by atoms with Crippen molar-refractivity contribution in [2.24, 2.45) is 0 Å². The van der Waals surface area contributed by atoms with Gasteiger partial charge in [-0.3, -0.25) is 0 Å². The van der Waals surface area contributed by atoms with Crippen molar-refractivity contribution in [1.29, 1.82) is 0 Å². The third-order valence-corrected chi connectivity index (χ3v) is 17.4. The average molecular weight is 949 g/mol. The number of thiophene rings is 1. The molecule has 2 nitrogen and oxygen atoms in total. The van der Waals surface area contributed by atoms with Gasteiger partial charge in [0, 0.05) is 53.9 Å². The Kier molecular flexibility index (Phi) is 9.12. The van der Waals surface area contributed by atoms with Gasteiger partial charge in [0.15, 0.2) is 0 Å². The number of anilines is 6. The van der Waals surface area contributed by atoms with Crippen LogP contribution in [0.1, 0.15) is 47.2 Å². The maximum atomic E-state index is 2.51. The van der Waals surface area contributed by atoms with Crippen LogP contribution in [-0.2, 0) is 10.8 Å². The van der Waals surface area contributed by atoms with Gasteiger partial charge in [-0.05, 0) is 145 Å². The normalized spacial score (nSPS) is 15.4. The first kappa shape index (κ1) is 42.0. The third kappa shape index (κ3) is 6.04. The molecule has 12 aromatic rings. The largest absolute Gasteiger partial charge is 0.310 e. The van der Waals surface area contributed by atoms with E-state index < -0.39 is 5.41 Å². The van der Waals surface area contributed by atoms with Gasteiger partial charge in [0.05, 0.1) is 16.8 Å². The monoisotopic (exact) mass is 948 g/mol. The zero-order valence-corrected chi connectivity index (χ0v) is 41.4. The average Bonchev–Trinajstić information content (AvgIpc) is 4.07. The van der Waals surface area contributed by atoms with Crippen LogP contribution in [0.2, 0.25) is 0 Å². The molecule has 0 saturated carbocycles. The standard InChI is InChI=1S/C70H48N2S/c1-69(2)59-26-14-12-24-54(59)55-38-35-51(43-61(55)69)71(52-36-39-57-56-25-13-17-29-65(56)73-66(57)44-52)50-33-30-45(31-34-50)47-32-37-58-62(42-47)70(48-20-8-4-9-21-48)60-27-15-16-28-63(60)72(49-22-10-5-11-23-49)64-41-40-53(67(58)68(64)70)46-18-6-3-7-19-46/h3-44H,1-2H3. The van der Waals surface area contributed by atoms with Crippen LogP contribution in [0.25, 0.3) is 64.7 Å². The van der Waals surface area contributed by atoms with E-state index in [2.05, 4.69) is 278 Å². The van der Waals surface area contributed by atoms with Gasteiger partial charge in [0.25, 0.3) is 0 Å². The van der Waals surface area contributed by atoms with Crippen LogP contribution in [-0.4, -0.2) is 0 Å². The van der Waals surface area contributed by atoms with Crippen LogP contribution in [0.4, 0.5) is 34.1 Å². The molecule has 15 rings (SSSR count). The summed E-state index contributed by atoms with van der Waals surface area (Å²) < 4.78 is 2.60. The van der Waals surface area contributed by atoms with E-state index in [9.17, 15) is 0 Å². The van der Waals surface area contributed by atoms with Crippen LogP contribution < -0.4 is 9.80 Å². The van der Waals surface area contributed by atoms with E-state index in [1.807, 2.05) is 11.3 Å². The Hall–Kier alpha value is -8.76. The first-order valence-corrected chi connectivity index (χ1v) is 26.2. The molecule has 0 saturated heterocycles. The molecule has 0 fully saturated rings. The van der Waals surface area contributed by atoms with E-state index in [0.717, 1.165) is 22.7 Å². The Balaban J connectivity index is 0.918. The fraction of sp³-hybridized carbons (Fsp3) is 0.0571. The molecule has 3 aliphatic rings. The lowest BCUT2D eigenvalue weighted by Crippen LogP contribution is -2.36. The second kappa shape index (κ2) is 15.9. The summed E-state index contributed by atoms with van der Waals surface area (Å²) in [4.78, 5) is 4.95. The van der Waals surface area contributed by atoms with Crippen molar-refractivity contribution in [2.45, 2.75) is 24.7 Å². The quantitative estimate of drug-likeness (QED) is 0.157. The molecule has 344 valence electrons. The lowest BCUT2D eigenvalue weighted by molar-refractivity contribution is 0.660. The van der Waals surface area contributed by atoms with E-state index in [1.54, 1.807) is 0 Å². The number of hydrogen-bond acceptors (Lipinski definition) is 3. The summed E-state index contributed by atoms with van der Waals surface area (Å²) in [6.45, 7) is 4.74. The molecule has 1 aromatic heterocycles. The minimum Gasteiger partial charge on any atom is -0.310 e. The second-order valence-corrected chi connectivity index (χ2v) is 21.5. The third-order valence-electron chi connectivity index (χ3n) is 16.3. The number of benzene rings is 11. The molecule has 0 bridgehead atoms. The number of para-hydroxylation sites is 2. The summed E-state index contributed by atoms with van der Waals surface area (Å²) in [5.74, 6) is 0. The predicted octanol–water partition coefficient (Wildman–Crippen LogP) is 19.3. The van der Waals surface area contributed by atoms with Gasteiger partial charge < -0.3 is 9.80 Å². The molecule has 1 aliphatic heterocycles. The fourth-order valence-corrected chi connectivity index (χ4v) is 14.2. The lowest BCUT2D eigenvalue weighted by atomic mass is 9.64. The molecule has 1 atom stereocenters. The summed E-state index contributed by atoms with van der Waals surface area (Å²) in [7, 11) is 0. The maximum absolute atomic E-state index is 2.51. The summed E-state index contributed by atoms with van der Waals surface area (Å²) in [5, 5.41) is 2.61. The lowest BCUT2D eigenvalue weighted by Gasteiger charge is -2.45. The van der Waals surface area contributed by atoms with Crippen LogP contribution in [0.3, 0.4) is 0 Å². The summed E-state index contributed by atoms with van der Waals surface area (Å²) in [6.07, 6.45) is 0. The van der Waals surface area contributed by atoms with E-state index >= 15 is 0 Å². The van der Waals surface area contributed by atoms with Crippen molar-refractivity contribution in [3.8, 4) is 44.5 Å². The van der Waals surface area contributed by atoms with E-state index in [4.69, 9.17) is 0 Å². The Bertz CT molecular complexity index is 4170. The van der Waals surface area contributed by atoms with Crippen LogP contribution >= 0.6 is 11.3 Å². The van der Waals surface area contributed by atoms with E-state index in [0.29, 0.717) is 0 Å². The van der Waals surface area contributed by atoms with Gasteiger partial charge in [0.1, 0.15) is 0 Å². The van der Waals surface area contributed by atoms with Gasteiger partial charge in [-0.2, -0.15) is 0 Å². The zero-order chi connectivity index (χ0) is 48.4. The van der Waals surface area contributed by atoms with Crippen molar-refractivity contribution in [3.63, 3.8) is 0 Å². The number of hydrogen-bond donors (Lipinski definition) is 0. The van der Waals surface area contributed by atoms with Gasteiger partial charge in [0.2, 0.25) is 0 Å². The van der Waals surface area contributed by atoms with Gasteiger partial charge in [-0.15, -0.1) is 11.3 Å². The highest BCUT2D eigenvalue weighted by molar-refractivity contribution is 7.25. The molecule has 0 radical (unpaired) electrons. The summed E-state index contributed by atoms with van der Waals surface area (Å²) in [5.41, 5.74) is 24.2. The molecule has 73 heavy (non-hydrogen) atoms. The molecule has 11 aromatic carbocycles. The van der Waals surface area contributed by atoms with Crippen LogP contribution in [0.15, 0.2) is 255 Å². The molecule has 0 amide bonds. The van der Waals surface area contributed by atoms with Crippen LogP contribution in [0.5, 0.6) is 0 Å². The Morgan fingerprint density at radius 1 is 0.370 bits per heavy atom. The highest BCUT2D eigenvalue weighted by Gasteiger charge is 2.53. The van der Waals surface area contributed by atoms with E-state index in [1.165, 1.54) is 109 Å². The van der Waals surface area contributed by atoms with Crippen molar-refractivity contribution in [3.05, 3.63) is 288 Å². The van der Waals surface area contributed by atoms with Crippen LogP contribution in [0, 0.1) is 0 Å². The van der Waals surface area contributed by atoms with Gasteiger partial charge in [-0.1, -0.05) is 196 Å². The minimum absolute atomic E-state index is 0.126. The number of fused-ring (bicyclic) bond motifs is 11. The smallest absolute Gasteiger partial charge is 0.0754 e. The second-order valence-electron chi connectivity index (χ2n) is 20.4. The van der Waals surface area contributed by atoms with Gasteiger partial charge >= 0.3 is 0 Å². The summed E-state index contributed by atoms with van der Waals surface area (Å²) in [6, 6.07) is 95.3. The first-order valence-electron chi connectivity index (χ1n) is 25.4.